The molecule has 0 saturated carbocycles. The number of nitrogens with two attached hydrogens (primary N) is 1. The lowest BCUT2D eigenvalue weighted by atomic mass is 10.2. The van der Waals surface area contributed by atoms with E-state index in [1.807, 2.05) is 44.2 Å². The fourth-order valence-electron chi connectivity index (χ4n) is 2.98. The van der Waals surface area contributed by atoms with Crippen LogP contribution in [0.25, 0.3) is 0 Å². The molecule has 0 atom stereocenters. The number of hydrogen-bond donors (Lipinski definition) is 3. The third kappa shape index (κ3) is 4.87. The molecule has 3 rings (SSSR count). The molecule has 0 bridgehead atoms. The van der Waals surface area contributed by atoms with Crippen LogP contribution in [0.3, 0.4) is 0 Å². The summed E-state index contributed by atoms with van der Waals surface area (Å²) in [7, 11) is -3.49. The highest BCUT2D eigenvalue weighted by molar-refractivity contribution is 7.89. The number of benzene rings is 2. The normalized spacial score (nSPS) is 11.4. The van der Waals surface area contributed by atoms with Gasteiger partial charge in [0.05, 0.1) is 4.90 Å². The van der Waals surface area contributed by atoms with Gasteiger partial charge in [-0.2, -0.15) is 4.31 Å². The minimum atomic E-state index is -3.49. The van der Waals surface area contributed by atoms with Gasteiger partial charge in [-0.05, 0) is 29.8 Å². The Morgan fingerprint density at radius 3 is 2.20 bits per heavy atom. The summed E-state index contributed by atoms with van der Waals surface area (Å²) >= 11 is 0. The maximum absolute atomic E-state index is 12.6. The van der Waals surface area contributed by atoms with E-state index in [2.05, 4.69) is 20.6 Å². The minimum absolute atomic E-state index is 0.248. The SMILES string of the molecule is CCN(CC)S(=O)(=O)c1ccc(Nc2ncnc(NCc3ccccc3)c2N)cc1. The van der Waals surface area contributed by atoms with Crippen molar-refractivity contribution in [1.29, 1.82) is 0 Å². The van der Waals surface area contributed by atoms with Crippen molar-refractivity contribution < 1.29 is 8.42 Å². The molecule has 0 fully saturated rings. The summed E-state index contributed by atoms with van der Waals surface area (Å²) in [6.45, 7) is 5.07. The van der Waals surface area contributed by atoms with Crippen molar-refractivity contribution in [3.63, 3.8) is 0 Å². The number of sulfonamides is 1. The van der Waals surface area contributed by atoms with Crippen molar-refractivity contribution in [2.24, 2.45) is 0 Å². The second-order valence-corrected chi connectivity index (χ2v) is 8.50. The molecule has 0 aliphatic carbocycles. The molecule has 2 aromatic carbocycles. The predicted octanol–water partition coefficient (Wildman–Crippen LogP) is 3.45. The molecule has 0 unspecified atom stereocenters. The Morgan fingerprint density at radius 1 is 0.933 bits per heavy atom. The van der Waals surface area contributed by atoms with Gasteiger partial charge < -0.3 is 16.4 Å². The van der Waals surface area contributed by atoms with Crippen LogP contribution < -0.4 is 16.4 Å². The quantitative estimate of drug-likeness (QED) is 0.480. The molecule has 0 aliphatic rings. The van der Waals surface area contributed by atoms with Crippen molar-refractivity contribution in [1.82, 2.24) is 14.3 Å². The minimum Gasteiger partial charge on any atom is -0.393 e. The zero-order valence-electron chi connectivity index (χ0n) is 17.0. The van der Waals surface area contributed by atoms with Gasteiger partial charge in [0.2, 0.25) is 10.0 Å². The number of hydrogen-bond acceptors (Lipinski definition) is 7. The van der Waals surface area contributed by atoms with Gasteiger partial charge >= 0.3 is 0 Å². The van der Waals surface area contributed by atoms with E-state index in [4.69, 9.17) is 5.73 Å². The summed E-state index contributed by atoms with van der Waals surface area (Å²) in [4.78, 5) is 8.66. The first-order valence-electron chi connectivity index (χ1n) is 9.71. The molecule has 0 amide bonds. The fraction of sp³-hybridized carbons (Fsp3) is 0.238. The maximum Gasteiger partial charge on any atom is 0.243 e. The fourth-order valence-corrected chi connectivity index (χ4v) is 4.44. The zero-order valence-corrected chi connectivity index (χ0v) is 17.9. The molecule has 9 heteroatoms. The summed E-state index contributed by atoms with van der Waals surface area (Å²) in [5.41, 5.74) is 8.38. The Bertz CT molecular complexity index is 1070. The van der Waals surface area contributed by atoms with Crippen LogP contribution in [0.2, 0.25) is 0 Å². The van der Waals surface area contributed by atoms with Crippen molar-refractivity contribution in [3.8, 4) is 0 Å². The van der Waals surface area contributed by atoms with E-state index in [1.54, 1.807) is 24.3 Å². The molecular weight excluding hydrogens is 400 g/mol. The van der Waals surface area contributed by atoms with Gasteiger partial charge in [-0.3, -0.25) is 0 Å². The molecule has 0 spiro atoms. The lowest BCUT2D eigenvalue weighted by Crippen LogP contribution is -2.30. The van der Waals surface area contributed by atoms with E-state index in [0.717, 1.165) is 5.56 Å². The van der Waals surface area contributed by atoms with Crippen LogP contribution in [-0.2, 0) is 16.6 Å². The zero-order chi connectivity index (χ0) is 21.6. The molecule has 0 aliphatic heterocycles. The average molecular weight is 427 g/mol. The van der Waals surface area contributed by atoms with E-state index in [-0.39, 0.29) is 4.90 Å². The van der Waals surface area contributed by atoms with Crippen LogP contribution in [0.5, 0.6) is 0 Å². The van der Waals surface area contributed by atoms with Crippen molar-refractivity contribution in [3.05, 3.63) is 66.5 Å². The van der Waals surface area contributed by atoms with Crippen molar-refractivity contribution in [2.45, 2.75) is 25.3 Å². The summed E-state index contributed by atoms with van der Waals surface area (Å²) < 4.78 is 26.6. The largest absolute Gasteiger partial charge is 0.393 e. The number of aromatic nitrogens is 2. The highest BCUT2D eigenvalue weighted by Gasteiger charge is 2.21. The third-order valence-electron chi connectivity index (χ3n) is 4.65. The molecule has 0 radical (unpaired) electrons. The Morgan fingerprint density at radius 2 is 1.57 bits per heavy atom. The van der Waals surface area contributed by atoms with E-state index in [1.165, 1.54) is 10.6 Å². The van der Waals surface area contributed by atoms with Crippen LogP contribution in [-0.4, -0.2) is 35.8 Å². The van der Waals surface area contributed by atoms with Crippen LogP contribution in [0.15, 0.2) is 65.8 Å². The molecule has 3 aromatic rings. The Balaban J connectivity index is 1.73. The molecule has 8 nitrogen and oxygen atoms in total. The van der Waals surface area contributed by atoms with Gasteiger partial charge in [-0.1, -0.05) is 44.2 Å². The van der Waals surface area contributed by atoms with Gasteiger partial charge in [0, 0.05) is 25.3 Å². The first-order valence-corrected chi connectivity index (χ1v) is 11.1. The molecule has 158 valence electrons. The topological polar surface area (TPSA) is 113 Å². The van der Waals surface area contributed by atoms with Gasteiger partial charge in [-0.15, -0.1) is 0 Å². The maximum atomic E-state index is 12.6. The highest BCUT2D eigenvalue weighted by atomic mass is 32.2. The monoisotopic (exact) mass is 426 g/mol. The van der Waals surface area contributed by atoms with Gasteiger partial charge in [0.15, 0.2) is 11.6 Å². The number of rotatable bonds is 9. The van der Waals surface area contributed by atoms with Crippen LogP contribution in [0, 0.1) is 0 Å². The van der Waals surface area contributed by atoms with Crippen molar-refractivity contribution >= 4 is 33.0 Å². The number of nitrogens with zero attached hydrogens (tertiary/aromatic N) is 3. The van der Waals surface area contributed by atoms with Gasteiger partial charge in [-0.25, -0.2) is 18.4 Å². The first-order chi connectivity index (χ1) is 14.5. The van der Waals surface area contributed by atoms with Crippen LogP contribution in [0.4, 0.5) is 23.0 Å². The van der Waals surface area contributed by atoms with E-state index < -0.39 is 10.0 Å². The Labute approximate surface area is 177 Å². The molecule has 1 aromatic heterocycles. The lowest BCUT2D eigenvalue weighted by molar-refractivity contribution is 0.445. The average Bonchev–Trinajstić information content (AvgIpc) is 2.76. The van der Waals surface area contributed by atoms with E-state index in [9.17, 15) is 8.42 Å². The summed E-state index contributed by atoms with van der Waals surface area (Å²) in [5.74, 6) is 0.969. The first kappa shape index (κ1) is 21.5. The predicted molar refractivity (Wildman–Crippen MR) is 120 cm³/mol. The third-order valence-corrected chi connectivity index (χ3v) is 6.71. The standard InChI is InChI=1S/C21H26N6O2S/c1-3-27(4-2)30(28,29)18-12-10-17(11-13-18)26-21-19(22)20(24-15-25-21)23-14-16-8-6-5-7-9-16/h5-13,15H,3-4,14,22H2,1-2H3,(H2,23,24,25,26). The second-order valence-electron chi connectivity index (χ2n) is 6.56. The van der Waals surface area contributed by atoms with Crippen LogP contribution in [0.1, 0.15) is 19.4 Å². The van der Waals surface area contributed by atoms with Gasteiger partial charge in [0.1, 0.15) is 12.0 Å². The number of nitrogen functional groups attached to an aromatic ring is 1. The molecular formula is C21H26N6O2S. The summed E-state index contributed by atoms with van der Waals surface area (Å²) in [6.07, 6.45) is 1.42. The summed E-state index contributed by atoms with van der Waals surface area (Å²) in [6, 6.07) is 16.4. The summed E-state index contributed by atoms with van der Waals surface area (Å²) in [5, 5.41) is 6.33. The van der Waals surface area contributed by atoms with Crippen molar-refractivity contribution in [2.75, 3.05) is 29.5 Å². The van der Waals surface area contributed by atoms with Crippen LogP contribution >= 0.6 is 0 Å². The highest BCUT2D eigenvalue weighted by Crippen LogP contribution is 2.27. The van der Waals surface area contributed by atoms with E-state index in [0.29, 0.717) is 42.6 Å². The molecule has 1 heterocycles. The Hall–Kier alpha value is -3.17. The Kier molecular flexibility index (Phi) is 6.86. The molecule has 4 N–H and O–H groups in total. The van der Waals surface area contributed by atoms with E-state index >= 15 is 0 Å². The molecule has 30 heavy (non-hydrogen) atoms. The molecule has 0 saturated heterocycles. The second kappa shape index (κ2) is 9.55. The lowest BCUT2D eigenvalue weighted by Gasteiger charge is -2.18. The number of anilines is 4. The number of nitrogens with one attached hydrogen (secondary N) is 2. The smallest absolute Gasteiger partial charge is 0.243 e. The van der Waals surface area contributed by atoms with Gasteiger partial charge in [0.25, 0.3) is 0 Å².